The molecular weight excluding hydrogens is 380 g/mol. The summed E-state index contributed by atoms with van der Waals surface area (Å²) in [5, 5.41) is 12.0. The van der Waals surface area contributed by atoms with E-state index in [1.807, 2.05) is 0 Å². The van der Waals surface area contributed by atoms with E-state index in [1.165, 1.54) is 0 Å². The molecule has 0 aromatic heterocycles. The summed E-state index contributed by atoms with van der Waals surface area (Å²) in [4.78, 5) is 2.15. The zero-order chi connectivity index (χ0) is 17.1. The van der Waals surface area contributed by atoms with Gasteiger partial charge in [0.25, 0.3) is 0 Å². The highest BCUT2D eigenvalue weighted by Gasteiger charge is 2.35. The van der Waals surface area contributed by atoms with Crippen LogP contribution >= 0.6 is 12.4 Å². The van der Waals surface area contributed by atoms with Crippen LogP contribution in [0.5, 0.6) is 0 Å². The average Bonchev–Trinajstić information content (AvgIpc) is 2.73. The first-order chi connectivity index (χ1) is 10.7. The molecule has 0 spiro atoms. The van der Waals surface area contributed by atoms with Crippen molar-refractivity contribution in [2.24, 2.45) is 16.2 Å². The maximum absolute atomic E-state index is 11.0. The van der Waals surface area contributed by atoms with Gasteiger partial charge in [0.15, 0.2) is 0 Å². The van der Waals surface area contributed by atoms with Crippen LogP contribution < -0.4 is 15.6 Å². The van der Waals surface area contributed by atoms with E-state index in [2.05, 4.69) is 10.2 Å². The Morgan fingerprint density at radius 2 is 1.62 bits per heavy atom. The van der Waals surface area contributed by atoms with Crippen molar-refractivity contribution in [1.82, 2.24) is 10.2 Å². The van der Waals surface area contributed by atoms with Gasteiger partial charge < -0.3 is 15.0 Å². The lowest BCUT2D eigenvalue weighted by Crippen LogP contribution is -2.56. The molecule has 1 unspecified atom stereocenters. The normalized spacial score (nSPS) is 25.8. The molecule has 0 aliphatic carbocycles. The van der Waals surface area contributed by atoms with Gasteiger partial charge in [0.2, 0.25) is 20.0 Å². The fraction of sp³-hybridized carbons (Fsp3) is 1.00. The molecule has 0 aromatic rings. The fourth-order valence-electron chi connectivity index (χ4n) is 2.58. The van der Waals surface area contributed by atoms with E-state index in [4.69, 9.17) is 15.0 Å². The molecule has 1 atom stereocenters. The van der Waals surface area contributed by atoms with Crippen LogP contribution in [-0.2, 0) is 24.8 Å². The zero-order valence-electron chi connectivity index (χ0n) is 13.5. The van der Waals surface area contributed by atoms with Crippen molar-refractivity contribution in [1.29, 1.82) is 0 Å². The van der Waals surface area contributed by atoms with Crippen molar-refractivity contribution >= 4 is 32.5 Å². The van der Waals surface area contributed by atoms with Crippen LogP contribution in [0.4, 0.5) is 0 Å². The third kappa shape index (κ3) is 6.71. The van der Waals surface area contributed by atoms with Gasteiger partial charge in [-0.15, -0.1) is 12.4 Å². The van der Waals surface area contributed by atoms with E-state index >= 15 is 0 Å². The lowest BCUT2D eigenvalue weighted by atomic mass is 10.0. The highest BCUT2D eigenvalue weighted by molar-refractivity contribution is 7.90. The molecule has 0 amide bonds. The Balaban J connectivity index is 0.000000273. The number of ether oxygens (including phenoxy) is 1. The van der Waals surface area contributed by atoms with E-state index in [0.717, 1.165) is 32.6 Å². The molecule has 0 bridgehead atoms. The number of likely N-dealkylation sites (tertiary alicyclic amines) is 1. The van der Waals surface area contributed by atoms with Crippen LogP contribution in [0.1, 0.15) is 12.8 Å². The number of nitrogens with one attached hydrogen (secondary N) is 1. The van der Waals surface area contributed by atoms with Crippen LogP contribution in [0.2, 0.25) is 0 Å². The number of nitrogens with two attached hydrogens (primary N) is 2. The topological polar surface area (TPSA) is 145 Å². The molecule has 3 rings (SSSR count). The first-order valence-corrected chi connectivity index (χ1v) is 10.9. The van der Waals surface area contributed by atoms with E-state index < -0.39 is 20.0 Å². The van der Waals surface area contributed by atoms with Gasteiger partial charge >= 0.3 is 0 Å². The molecule has 0 saturated carbocycles. The minimum atomic E-state index is -3.30. The molecule has 5 N–H and O–H groups in total. The molecule has 12 heteroatoms. The number of nitrogens with zero attached hydrogens (tertiary/aromatic N) is 1. The third-order valence-corrected chi connectivity index (χ3v) is 6.96. The van der Waals surface area contributed by atoms with Gasteiger partial charge in [-0.2, -0.15) is 0 Å². The van der Waals surface area contributed by atoms with E-state index in [9.17, 15) is 16.8 Å². The summed E-state index contributed by atoms with van der Waals surface area (Å²) in [6.07, 6.45) is 2.25. The smallest absolute Gasteiger partial charge is 0.214 e. The summed E-state index contributed by atoms with van der Waals surface area (Å²) in [5.74, 6) is 0.665. The van der Waals surface area contributed by atoms with Crippen molar-refractivity contribution in [2.45, 2.75) is 23.3 Å². The number of primary sulfonamides is 2. The molecule has 24 heavy (non-hydrogen) atoms. The summed E-state index contributed by atoms with van der Waals surface area (Å²) in [6, 6.07) is 0. The first-order valence-electron chi connectivity index (χ1n) is 7.70. The number of halogens is 1. The van der Waals surface area contributed by atoms with Gasteiger partial charge in [0.1, 0.15) is 5.25 Å². The Morgan fingerprint density at radius 3 is 1.96 bits per heavy atom. The van der Waals surface area contributed by atoms with Gasteiger partial charge in [0, 0.05) is 39.4 Å². The summed E-state index contributed by atoms with van der Waals surface area (Å²) in [5.41, 5.74) is 0. The number of rotatable bonds is 5. The summed E-state index contributed by atoms with van der Waals surface area (Å²) in [7, 11) is -6.53. The molecule has 0 aromatic carbocycles. The standard InChI is InChI=1S/C9H18N2O3S.C3H8N2O2S.ClH/c10-15(12,13)9-5-11(6-9)3-1-8-2-4-14-7-8;4-8(6,7)3-1-5-2-3;/h8-9H,1-7H2,(H2,10,12,13);3,5H,1-2H2,(H2,4,6,7);1H. The second-order valence-corrected chi connectivity index (χ2v) is 10.0. The Bertz CT molecular complexity index is 585. The SMILES string of the molecule is Cl.NS(=O)(=O)C1CN(CCC2CCOC2)C1.NS(=O)(=O)C1CNC1. The molecular formula is C12H27ClN4O5S2. The van der Waals surface area contributed by atoms with Crippen molar-refractivity contribution in [2.75, 3.05) is 45.9 Å². The maximum atomic E-state index is 11.0. The Kier molecular flexibility index (Phi) is 8.34. The second kappa shape index (κ2) is 9.08. The predicted octanol–water partition coefficient (Wildman–Crippen LogP) is -1.95. The van der Waals surface area contributed by atoms with Crippen LogP contribution in [-0.4, -0.2) is 78.2 Å². The average molecular weight is 407 g/mol. The highest BCUT2D eigenvalue weighted by Crippen LogP contribution is 2.20. The maximum Gasteiger partial charge on any atom is 0.214 e. The molecule has 0 radical (unpaired) electrons. The summed E-state index contributed by atoms with van der Waals surface area (Å²) in [6.45, 7) is 4.95. The van der Waals surface area contributed by atoms with E-state index in [1.54, 1.807) is 0 Å². The van der Waals surface area contributed by atoms with Gasteiger partial charge in [0.05, 0.1) is 5.25 Å². The van der Waals surface area contributed by atoms with Crippen LogP contribution in [0.25, 0.3) is 0 Å². The van der Waals surface area contributed by atoms with E-state index in [0.29, 0.717) is 32.1 Å². The fourth-order valence-corrected chi connectivity index (χ4v) is 4.12. The predicted molar refractivity (Wildman–Crippen MR) is 93.9 cm³/mol. The van der Waals surface area contributed by atoms with Crippen LogP contribution in [0, 0.1) is 5.92 Å². The van der Waals surface area contributed by atoms with Crippen molar-refractivity contribution in [3.05, 3.63) is 0 Å². The third-order valence-electron chi connectivity index (χ3n) is 4.47. The number of hydrogen-bond donors (Lipinski definition) is 3. The zero-order valence-corrected chi connectivity index (χ0v) is 15.9. The van der Waals surface area contributed by atoms with Gasteiger partial charge in [-0.1, -0.05) is 0 Å². The molecule has 3 aliphatic rings. The molecule has 3 saturated heterocycles. The van der Waals surface area contributed by atoms with Crippen molar-refractivity contribution in [3.8, 4) is 0 Å². The molecule has 3 heterocycles. The van der Waals surface area contributed by atoms with Crippen molar-refractivity contribution < 1.29 is 21.6 Å². The highest BCUT2D eigenvalue weighted by atomic mass is 35.5. The first kappa shape index (κ1) is 22.0. The molecule has 3 aliphatic heterocycles. The Labute approximate surface area is 150 Å². The van der Waals surface area contributed by atoms with Gasteiger partial charge in [-0.25, -0.2) is 27.1 Å². The minimum absolute atomic E-state index is 0. The lowest BCUT2D eigenvalue weighted by Gasteiger charge is -2.37. The van der Waals surface area contributed by atoms with E-state index in [-0.39, 0.29) is 22.9 Å². The quantitative estimate of drug-likeness (QED) is 0.481. The monoisotopic (exact) mass is 406 g/mol. The molecule has 144 valence electrons. The summed E-state index contributed by atoms with van der Waals surface area (Å²) >= 11 is 0. The second-order valence-electron chi connectivity index (χ2n) is 6.36. The van der Waals surface area contributed by atoms with Gasteiger partial charge in [-0.3, -0.25) is 0 Å². The lowest BCUT2D eigenvalue weighted by molar-refractivity contribution is 0.156. The molecule has 3 fully saturated rings. The largest absolute Gasteiger partial charge is 0.381 e. The summed E-state index contributed by atoms with van der Waals surface area (Å²) < 4.78 is 47.9. The number of sulfonamides is 2. The molecule has 9 nitrogen and oxygen atoms in total. The Morgan fingerprint density at radius 1 is 1.04 bits per heavy atom. The minimum Gasteiger partial charge on any atom is -0.381 e. The van der Waals surface area contributed by atoms with Crippen LogP contribution in [0.15, 0.2) is 0 Å². The van der Waals surface area contributed by atoms with Gasteiger partial charge in [-0.05, 0) is 25.3 Å². The number of hydrogen-bond acceptors (Lipinski definition) is 7. The Hall–Kier alpha value is -0.0100. The van der Waals surface area contributed by atoms with Crippen molar-refractivity contribution in [3.63, 3.8) is 0 Å². The van der Waals surface area contributed by atoms with Crippen LogP contribution in [0.3, 0.4) is 0 Å².